The topological polar surface area (TPSA) is 107 Å². The number of hydrogen-bond donors (Lipinski definition) is 2. The average molecular weight is 649 g/mol. The van der Waals surface area contributed by atoms with Crippen LogP contribution in [0.5, 0.6) is 5.75 Å². The number of halogens is 3. The molecule has 2 aliphatic carbocycles. The van der Waals surface area contributed by atoms with Gasteiger partial charge in [-0.15, -0.1) is 0 Å². The molecular weight excluding hydrogens is 620 g/mol. The van der Waals surface area contributed by atoms with Gasteiger partial charge in [-0.1, -0.05) is 53.1 Å². The number of benzene rings is 3. The number of phenols is 1. The quantitative estimate of drug-likeness (QED) is 0.266. The van der Waals surface area contributed by atoms with Crippen LogP contribution in [0.3, 0.4) is 0 Å². The molecule has 0 aromatic heterocycles. The molecule has 2 saturated heterocycles. The Morgan fingerprint density at radius 1 is 0.933 bits per heavy atom. The van der Waals surface area contributed by atoms with Crippen LogP contribution in [-0.4, -0.2) is 45.2 Å². The Morgan fingerprint density at radius 2 is 1.64 bits per heavy atom. The van der Waals surface area contributed by atoms with Gasteiger partial charge in [0.25, 0.3) is 11.8 Å². The molecule has 2 N–H and O–H groups in total. The third-order valence-electron chi connectivity index (χ3n) is 9.96. The van der Waals surface area contributed by atoms with Crippen LogP contribution in [0.2, 0.25) is 10.0 Å². The van der Waals surface area contributed by atoms with Crippen molar-refractivity contribution in [2.75, 3.05) is 12.0 Å². The van der Waals surface area contributed by atoms with Gasteiger partial charge in [0.2, 0.25) is 11.8 Å². The van der Waals surface area contributed by atoms with Crippen molar-refractivity contribution in [3.05, 3.63) is 105 Å². The van der Waals surface area contributed by atoms with Gasteiger partial charge in [-0.05, 0) is 85.3 Å². The normalized spacial score (nSPS) is 29.0. The van der Waals surface area contributed by atoms with Crippen LogP contribution < -0.4 is 5.43 Å². The number of phenolic OH excluding ortho intramolecular Hbond substituents is 1. The number of carbonyl (C=O) groups excluding carboxylic acids is 4. The molecule has 1 saturated carbocycles. The van der Waals surface area contributed by atoms with Crippen molar-refractivity contribution in [1.29, 1.82) is 0 Å². The van der Waals surface area contributed by atoms with E-state index in [9.17, 15) is 28.7 Å². The standard InChI is InChI=1S/C34H28Cl2FN3O5/c1-2-39-30(42)24-14-13-22-25(28(24)32(39)44)16-26-31(43)40(38-20-9-7-19(37)8-10-20)33(45)34(26,17-3-5-18(35)6-4-17)29(22)23-12-11-21(41)15-27(23)36/h3-13,15,24-26,28-29,38,41H,2,14,16H2,1H3. The summed E-state index contributed by atoms with van der Waals surface area (Å²) in [4.78, 5) is 57.8. The lowest BCUT2D eigenvalue weighted by molar-refractivity contribution is -0.141. The summed E-state index contributed by atoms with van der Waals surface area (Å²) in [6.45, 7) is 2.00. The minimum absolute atomic E-state index is 0.0746. The van der Waals surface area contributed by atoms with Crippen molar-refractivity contribution >= 4 is 52.5 Å². The summed E-state index contributed by atoms with van der Waals surface area (Å²) in [5.41, 5.74) is 3.46. The van der Waals surface area contributed by atoms with Gasteiger partial charge in [0.05, 0.1) is 28.9 Å². The first-order valence-electron chi connectivity index (χ1n) is 14.8. The number of amides is 4. The number of anilines is 1. The summed E-state index contributed by atoms with van der Waals surface area (Å²) < 4.78 is 13.7. The lowest BCUT2D eigenvalue weighted by Gasteiger charge is -2.50. The van der Waals surface area contributed by atoms with Crippen LogP contribution in [0.15, 0.2) is 78.4 Å². The number of aromatic hydroxyl groups is 1. The zero-order valence-corrected chi connectivity index (χ0v) is 25.6. The highest BCUT2D eigenvalue weighted by Crippen LogP contribution is 2.64. The maximum Gasteiger partial charge on any atom is 0.260 e. The third kappa shape index (κ3) is 4.24. The molecule has 4 aliphatic rings. The molecule has 3 fully saturated rings. The predicted octanol–water partition coefficient (Wildman–Crippen LogP) is 5.84. The van der Waals surface area contributed by atoms with Crippen molar-refractivity contribution in [2.45, 2.75) is 31.1 Å². The van der Waals surface area contributed by atoms with E-state index in [1.807, 2.05) is 6.08 Å². The van der Waals surface area contributed by atoms with E-state index in [2.05, 4.69) is 5.43 Å². The molecule has 2 aliphatic heterocycles. The van der Waals surface area contributed by atoms with Gasteiger partial charge >= 0.3 is 0 Å². The molecule has 0 bridgehead atoms. The van der Waals surface area contributed by atoms with E-state index in [0.717, 1.165) is 10.6 Å². The number of likely N-dealkylation sites (tertiary alicyclic amines) is 1. The smallest absolute Gasteiger partial charge is 0.260 e. The van der Waals surface area contributed by atoms with E-state index in [1.54, 1.807) is 37.3 Å². The second-order valence-electron chi connectivity index (χ2n) is 12.0. The first-order valence-corrected chi connectivity index (χ1v) is 15.5. The number of hydrogen-bond acceptors (Lipinski definition) is 6. The molecule has 6 atom stereocenters. The molecule has 45 heavy (non-hydrogen) atoms. The first-order chi connectivity index (χ1) is 21.6. The first kappa shape index (κ1) is 29.5. The summed E-state index contributed by atoms with van der Waals surface area (Å²) in [5.74, 6) is -5.75. The molecular formula is C34H28Cl2FN3O5. The fraction of sp³-hybridized carbons (Fsp3) is 0.294. The van der Waals surface area contributed by atoms with Crippen LogP contribution in [0.1, 0.15) is 36.8 Å². The number of fused-ring (bicyclic) bond motifs is 4. The summed E-state index contributed by atoms with van der Waals surface area (Å²) >= 11 is 13.1. The maximum absolute atomic E-state index is 15.0. The Morgan fingerprint density at radius 3 is 2.31 bits per heavy atom. The summed E-state index contributed by atoms with van der Waals surface area (Å²) in [6, 6.07) is 16.5. The number of allylic oxidation sites excluding steroid dienone is 2. The minimum Gasteiger partial charge on any atom is -0.508 e. The zero-order valence-electron chi connectivity index (χ0n) is 24.0. The van der Waals surface area contributed by atoms with Crippen molar-refractivity contribution in [3.8, 4) is 5.75 Å². The number of rotatable bonds is 5. The van der Waals surface area contributed by atoms with Crippen LogP contribution in [0.4, 0.5) is 10.1 Å². The van der Waals surface area contributed by atoms with Gasteiger partial charge in [-0.2, -0.15) is 5.01 Å². The van der Waals surface area contributed by atoms with Gasteiger partial charge < -0.3 is 5.11 Å². The molecule has 3 aromatic carbocycles. The highest BCUT2D eigenvalue weighted by molar-refractivity contribution is 6.32. The number of nitrogens with one attached hydrogen (secondary N) is 1. The van der Waals surface area contributed by atoms with Crippen molar-refractivity contribution in [1.82, 2.24) is 9.91 Å². The van der Waals surface area contributed by atoms with Crippen LogP contribution in [0, 0.1) is 29.5 Å². The maximum atomic E-state index is 15.0. The largest absolute Gasteiger partial charge is 0.508 e. The summed E-state index contributed by atoms with van der Waals surface area (Å²) in [6.07, 6.45) is 2.36. The Labute approximate surface area is 268 Å². The minimum atomic E-state index is -1.54. The number of nitrogens with zero attached hydrogens (tertiary/aromatic N) is 2. The fourth-order valence-corrected chi connectivity index (χ4v) is 8.54. The van der Waals surface area contributed by atoms with E-state index >= 15 is 0 Å². The molecule has 11 heteroatoms. The second-order valence-corrected chi connectivity index (χ2v) is 12.8. The van der Waals surface area contributed by atoms with Gasteiger partial charge in [0, 0.05) is 22.5 Å². The molecule has 4 amide bonds. The van der Waals surface area contributed by atoms with Gasteiger partial charge in [0.15, 0.2) is 0 Å². The van der Waals surface area contributed by atoms with E-state index in [0.29, 0.717) is 28.3 Å². The molecule has 3 aromatic rings. The number of hydrazine groups is 1. The highest BCUT2D eigenvalue weighted by atomic mass is 35.5. The Hall–Kier alpha value is -4.21. The van der Waals surface area contributed by atoms with Crippen LogP contribution in [0.25, 0.3) is 0 Å². The Balaban J connectivity index is 1.47. The Kier molecular flexibility index (Phi) is 7.02. The van der Waals surface area contributed by atoms with Crippen molar-refractivity contribution in [2.24, 2.45) is 23.7 Å². The molecule has 8 nitrogen and oxygen atoms in total. The van der Waals surface area contributed by atoms with Crippen LogP contribution in [-0.2, 0) is 24.6 Å². The monoisotopic (exact) mass is 647 g/mol. The van der Waals surface area contributed by atoms with E-state index in [-0.39, 0.29) is 35.6 Å². The number of carbonyl (C=O) groups is 4. The molecule has 0 spiro atoms. The van der Waals surface area contributed by atoms with Crippen LogP contribution >= 0.6 is 23.2 Å². The Bertz CT molecular complexity index is 1800. The fourth-order valence-electron chi connectivity index (χ4n) is 8.13. The lowest BCUT2D eigenvalue weighted by atomic mass is 9.49. The average Bonchev–Trinajstić information content (AvgIpc) is 3.39. The van der Waals surface area contributed by atoms with E-state index in [1.165, 1.54) is 41.3 Å². The number of imide groups is 2. The van der Waals surface area contributed by atoms with E-state index < -0.39 is 52.6 Å². The van der Waals surface area contributed by atoms with Gasteiger partial charge in [0.1, 0.15) is 11.6 Å². The molecule has 230 valence electrons. The van der Waals surface area contributed by atoms with E-state index in [4.69, 9.17) is 23.2 Å². The van der Waals surface area contributed by atoms with Gasteiger partial charge in [-0.3, -0.25) is 29.5 Å². The molecule has 7 rings (SSSR count). The highest BCUT2D eigenvalue weighted by Gasteiger charge is 2.70. The zero-order chi connectivity index (χ0) is 31.8. The third-order valence-corrected chi connectivity index (χ3v) is 10.5. The van der Waals surface area contributed by atoms with Crippen molar-refractivity contribution in [3.63, 3.8) is 0 Å². The molecule has 0 radical (unpaired) electrons. The van der Waals surface area contributed by atoms with Gasteiger partial charge in [-0.25, -0.2) is 4.39 Å². The summed E-state index contributed by atoms with van der Waals surface area (Å²) in [7, 11) is 0. The summed E-state index contributed by atoms with van der Waals surface area (Å²) in [5, 5.41) is 11.9. The molecule has 2 heterocycles. The lowest BCUT2D eigenvalue weighted by Crippen LogP contribution is -2.53. The predicted molar refractivity (Wildman–Crippen MR) is 165 cm³/mol. The molecule has 6 unspecified atom stereocenters. The SMILES string of the molecule is CCN1C(=O)C2CC=C3C(CC4C(=O)N(Nc5ccc(F)cc5)C(=O)C4(c4ccc(Cl)cc4)C3c3ccc(O)cc3Cl)C2C1=O. The van der Waals surface area contributed by atoms with Crippen molar-refractivity contribution < 1.29 is 28.7 Å². The second kappa shape index (κ2) is 10.7.